The molecule has 0 saturated carbocycles. The Morgan fingerprint density at radius 1 is 1.14 bits per heavy atom. The highest BCUT2D eigenvalue weighted by Gasteiger charge is 2.26. The van der Waals surface area contributed by atoms with Crippen LogP contribution < -0.4 is 16.0 Å². The molecule has 0 aliphatic carbocycles. The molecule has 12 nitrogen and oxygen atoms in total. The van der Waals surface area contributed by atoms with Crippen molar-refractivity contribution in [3.63, 3.8) is 0 Å². The topological polar surface area (TPSA) is 136 Å². The van der Waals surface area contributed by atoms with Gasteiger partial charge in [-0.25, -0.2) is 19.3 Å². The Kier molecular flexibility index (Phi) is 9.94. The number of ether oxygens (including phenoxy) is 2. The van der Waals surface area contributed by atoms with Crippen LogP contribution in [0, 0.1) is 11.2 Å². The minimum atomic E-state index is -0.678. The largest absolute Gasteiger partial charge is 0.464 e. The number of anilines is 3. The number of aromatic nitrogens is 4. The number of nitrogens with one attached hydrogen (secondary N) is 3. The number of nitrogens with zero attached hydrogens (tertiary/aromatic N) is 5. The van der Waals surface area contributed by atoms with Gasteiger partial charge in [-0.15, -0.1) is 0 Å². The summed E-state index contributed by atoms with van der Waals surface area (Å²) in [5.41, 5.74) is 1.65. The number of piperidine rings is 1. The van der Waals surface area contributed by atoms with Gasteiger partial charge in [0, 0.05) is 25.7 Å². The maximum atomic E-state index is 14.3. The molecular weight excluding hydrogens is 567 g/mol. The third-order valence-electron chi connectivity index (χ3n) is 7.93. The van der Waals surface area contributed by atoms with Gasteiger partial charge in [0.25, 0.3) is 0 Å². The van der Waals surface area contributed by atoms with Gasteiger partial charge in [-0.2, -0.15) is 0 Å². The number of carbonyl (C=O) groups excluding carboxylic acids is 2. The smallest absolute Gasteiger partial charge is 0.311 e. The molecule has 238 valence electrons. The van der Waals surface area contributed by atoms with Crippen LogP contribution in [0.5, 0.6) is 0 Å². The fourth-order valence-electron chi connectivity index (χ4n) is 5.45. The van der Waals surface area contributed by atoms with E-state index in [4.69, 9.17) is 9.47 Å². The molecule has 44 heavy (non-hydrogen) atoms. The third kappa shape index (κ3) is 7.81. The highest BCUT2D eigenvalue weighted by Crippen LogP contribution is 2.29. The van der Waals surface area contributed by atoms with Crippen molar-refractivity contribution >= 4 is 40.2 Å². The monoisotopic (exact) mass is 610 g/mol. The summed E-state index contributed by atoms with van der Waals surface area (Å²) in [6, 6.07) is 3.63. The number of likely N-dealkylation sites (tertiary alicyclic amines) is 1. The van der Waals surface area contributed by atoms with Crippen LogP contribution >= 0.6 is 0 Å². The van der Waals surface area contributed by atoms with Crippen molar-refractivity contribution < 1.29 is 23.5 Å². The number of amides is 1. The molecule has 2 aliphatic heterocycles. The number of esters is 1. The zero-order valence-electron chi connectivity index (χ0n) is 25.9. The number of imidazole rings is 1. The van der Waals surface area contributed by atoms with Crippen molar-refractivity contribution in [3.05, 3.63) is 36.7 Å². The van der Waals surface area contributed by atoms with Crippen LogP contribution in [0.4, 0.5) is 21.6 Å². The summed E-state index contributed by atoms with van der Waals surface area (Å²) in [5.74, 6) is -0.493. The molecule has 4 heterocycles. The minimum absolute atomic E-state index is 0.0348. The van der Waals surface area contributed by atoms with Crippen LogP contribution in [0.15, 0.2) is 30.9 Å². The zero-order chi connectivity index (χ0) is 31.3. The first-order valence-electron chi connectivity index (χ1n) is 15.4. The van der Waals surface area contributed by atoms with Crippen molar-refractivity contribution in [2.45, 2.75) is 78.1 Å². The standard InChI is InChI=1S/C31H43FN8O4/c1-20(36-27-26-28(34-18-33-27)40(19-35-26)25-9-5-6-14-43-25)29(41)38-23-11-10-21(32)16-24(23)37-22-8-7-12-39(17-22)13-15-44-30(42)31(2,3)4/h10-11,16,18-20,22,25,37H,5-9,12-15,17H2,1-4H3,(H,38,41)(H,33,34,36)/t20-,22+,25?/m0/s1. The maximum absolute atomic E-state index is 14.3. The van der Waals surface area contributed by atoms with E-state index < -0.39 is 17.3 Å². The molecule has 2 fully saturated rings. The summed E-state index contributed by atoms with van der Waals surface area (Å²) in [6.07, 6.45) is 7.86. The van der Waals surface area contributed by atoms with Crippen LogP contribution in [0.2, 0.25) is 0 Å². The van der Waals surface area contributed by atoms with Crippen LogP contribution in [0.25, 0.3) is 11.2 Å². The highest BCUT2D eigenvalue weighted by molar-refractivity contribution is 5.99. The first kappa shape index (κ1) is 31.6. The van der Waals surface area contributed by atoms with E-state index in [-0.39, 0.29) is 24.1 Å². The molecule has 0 spiro atoms. The van der Waals surface area contributed by atoms with E-state index in [0.717, 1.165) is 38.6 Å². The van der Waals surface area contributed by atoms with E-state index in [0.29, 0.717) is 54.7 Å². The molecule has 13 heteroatoms. The molecule has 2 aromatic heterocycles. The van der Waals surface area contributed by atoms with Crippen molar-refractivity contribution in [3.8, 4) is 0 Å². The van der Waals surface area contributed by atoms with Gasteiger partial charge in [0.2, 0.25) is 5.91 Å². The fourth-order valence-corrected chi connectivity index (χ4v) is 5.45. The summed E-state index contributed by atoms with van der Waals surface area (Å²) >= 11 is 0. The van der Waals surface area contributed by atoms with E-state index >= 15 is 0 Å². The van der Waals surface area contributed by atoms with Crippen molar-refractivity contribution in [2.24, 2.45) is 5.41 Å². The molecule has 3 aromatic rings. The second-order valence-corrected chi connectivity index (χ2v) is 12.6. The predicted molar refractivity (Wildman–Crippen MR) is 166 cm³/mol. The summed E-state index contributed by atoms with van der Waals surface area (Å²) < 4.78 is 27.6. The number of fused-ring (bicyclic) bond motifs is 1. The summed E-state index contributed by atoms with van der Waals surface area (Å²) in [5, 5.41) is 9.52. The van der Waals surface area contributed by atoms with E-state index in [1.807, 2.05) is 25.3 Å². The van der Waals surface area contributed by atoms with E-state index in [2.05, 4.69) is 35.8 Å². The van der Waals surface area contributed by atoms with Crippen molar-refractivity contribution in [2.75, 3.05) is 48.8 Å². The number of benzene rings is 1. The van der Waals surface area contributed by atoms with Gasteiger partial charge in [0.1, 0.15) is 31.0 Å². The molecule has 3 N–H and O–H groups in total. The lowest BCUT2D eigenvalue weighted by Gasteiger charge is -2.34. The number of halogens is 1. The second kappa shape index (κ2) is 13.9. The molecular formula is C31H43FN8O4. The van der Waals surface area contributed by atoms with E-state index in [1.54, 1.807) is 19.3 Å². The van der Waals surface area contributed by atoms with Gasteiger partial charge in [-0.1, -0.05) is 0 Å². The number of hydrogen-bond donors (Lipinski definition) is 3. The van der Waals surface area contributed by atoms with Gasteiger partial charge >= 0.3 is 5.97 Å². The number of rotatable bonds is 10. The first-order chi connectivity index (χ1) is 21.1. The average Bonchev–Trinajstić information content (AvgIpc) is 3.44. The highest BCUT2D eigenvalue weighted by atomic mass is 19.1. The zero-order valence-corrected chi connectivity index (χ0v) is 25.9. The Hall–Kier alpha value is -3.84. The van der Waals surface area contributed by atoms with Crippen molar-refractivity contribution in [1.29, 1.82) is 0 Å². The lowest BCUT2D eigenvalue weighted by molar-refractivity contribution is -0.153. The molecule has 1 aromatic carbocycles. The molecule has 0 radical (unpaired) electrons. The summed E-state index contributed by atoms with van der Waals surface area (Å²) in [4.78, 5) is 40.9. The number of carbonyl (C=O) groups is 2. The fraction of sp³-hybridized carbons (Fsp3) is 0.581. The molecule has 3 atom stereocenters. The Morgan fingerprint density at radius 3 is 2.75 bits per heavy atom. The summed E-state index contributed by atoms with van der Waals surface area (Å²) in [6.45, 7) is 10.5. The van der Waals surface area contributed by atoms with Crippen LogP contribution in [-0.2, 0) is 19.1 Å². The second-order valence-electron chi connectivity index (χ2n) is 12.6. The molecule has 1 amide bonds. The molecule has 1 unspecified atom stereocenters. The Morgan fingerprint density at radius 2 is 1.98 bits per heavy atom. The van der Waals surface area contributed by atoms with E-state index in [9.17, 15) is 14.0 Å². The Balaban J connectivity index is 1.20. The normalized spacial score (nSPS) is 20.2. The lowest BCUT2D eigenvalue weighted by Crippen LogP contribution is -2.44. The molecule has 2 aliphatic rings. The minimum Gasteiger partial charge on any atom is -0.464 e. The van der Waals surface area contributed by atoms with Gasteiger partial charge < -0.3 is 25.4 Å². The van der Waals surface area contributed by atoms with Crippen LogP contribution in [0.3, 0.4) is 0 Å². The number of hydrogen-bond acceptors (Lipinski definition) is 10. The Bertz CT molecular complexity index is 1450. The van der Waals surface area contributed by atoms with E-state index in [1.165, 1.54) is 18.5 Å². The van der Waals surface area contributed by atoms with Gasteiger partial charge in [-0.05, 0) is 84.5 Å². The molecule has 5 rings (SSSR count). The molecule has 2 saturated heterocycles. The lowest BCUT2D eigenvalue weighted by atomic mass is 9.97. The molecule has 0 bridgehead atoms. The quantitative estimate of drug-likeness (QED) is 0.280. The van der Waals surface area contributed by atoms with Crippen LogP contribution in [0.1, 0.15) is 66.0 Å². The summed E-state index contributed by atoms with van der Waals surface area (Å²) in [7, 11) is 0. The van der Waals surface area contributed by atoms with Crippen molar-refractivity contribution in [1.82, 2.24) is 24.4 Å². The van der Waals surface area contributed by atoms with Gasteiger partial charge in [-0.3, -0.25) is 19.1 Å². The van der Waals surface area contributed by atoms with Gasteiger partial charge in [0.15, 0.2) is 17.0 Å². The predicted octanol–water partition coefficient (Wildman–Crippen LogP) is 4.57. The first-order valence-corrected chi connectivity index (χ1v) is 15.4. The average molecular weight is 611 g/mol. The maximum Gasteiger partial charge on any atom is 0.311 e. The Labute approximate surface area is 257 Å². The SMILES string of the molecule is C[C@H](Nc1ncnc2c1ncn2C1CCCCO1)C(=O)Nc1ccc(F)cc1N[C@@H]1CCCN(CCOC(=O)C(C)(C)C)C1. The van der Waals surface area contributed by atoms with Crippen LogP contribution in [-0.4, -0.2) is 81.2 Å². The van der Waals surface area contributed by atoms with Gasteiger partial charge in [0.05, 0.1) is 23.1 Å². The third-order valence-corrected chi connectivity index (χ3v) is 7.93.